The molecule has 1 aliphatic rings. The number of carbonyl (C=O) groups is 2. The third kappa shape index (κ3) is 2.18. The van der Waals surface area contributed by atoms with Crippen LogP contribution in [0.4, 0.5) is 0 Å². The summed E-state index contributed by atoms with van der Waals surface area (Å²) in [7, 11) is 0. The van der Waals surface area contributed by atoms with Crippen LogP contribution in [0, 0.1) is 17.8 Å². The van der Waals surface area contributed by atoms with Crippen LogP contribution in [0.2, 0.25) is 0 Å². The molecule has 3 rings (SSSR count). The predicted molar refractivity (Wildman–Crippen MR) is 77.7 cm³/mol. The second-order valence-electron chi connectivity index (χ2n) is 5.37. The first-order chi connectivity index (χ1) is 9.70. The fourth-order valence-corrected chi connectivity index (χ4v) is 2.86. The van der Waals surface area contributed by atoms with E-state index in [4.69, 9.17) is 0 Å². The van der Waals surface area contributed by atoms with E-state index in [9.17, 15) is 9.59 Å². The van der Waals surface area contributed by atoms with Gasteiger partial charge in [-0.15, -0.1) is 0 Å². The summed E-state index contributed by atoms with van der Waals surface area (Å²) in [6, 6.07) is 18.5. The average molecular weight is 264 g/mol. The number of ketones is 2. The molecule has 1 saturated carbocycles. The lowest BCUT2D eigenvalue weighted by atomic mass is 10.0. The molecule has 0 aliphatic heterocycles. The second-order valence-corrected chi connectivity index (χ2v) is 5.37. The standard InChI is InChI=1S/C18H16O2/c1-12-15(17(19)13-8-4-2-5-9-13)16(12)18(20)14-10-6-3-7-11-14/h2-12,15-16H,1H3. The molecule has 1 aliphatic carbocycles. The van der Waals surface area contributed by atoms with E-state index in [1.807, 2.05) is 67.6 Å². The largest absolute Gasteiger partial charge is 0.294 e. The molecule has 100 valence electrons. The normalized spacial score (nSPS) is 24.1. The van der Waals surface area contributed by atoms with Gasteiger partial charge in [0.25, 0.3) is 0 Å². The third-order valence-corrected chi connectivity index (χ3v) is 4.10. The number of hydrogen-bond acceptors (Lipinski definition) is 2. The lowest BCUT2D eigenvalue weighted by Gasteiger charge is -2.00. The Labute approximate surface area is 118 Å². The van der Waals surface area contributed by atoms with E-state index < -0.39 is 0 Å². The molecule has 20 heavy (non-hydrogen) atoms. The SMILES string of the molecule is CC1C(C(=O)c2ccccc2)C1C(=O)c1ccccc1. The molecular formula is C18H16O2. The molecule has 2 atom stereocenters. The number of carbonyl (C=O) groups excluding carboxylic acids is 2. The van der Waals surface area contributed by atoms with Gasteiger partial charge >= 0.3 is 0 Å². The Morgan fingerprint density at radius 3 is 1.40 bits per heavy atom. The Morgan fingerprint density at radius 1 is 0.700 bits per heavy atom. The topological polar surface area (TPSA) is 34.1 Å². The first kappa shape index (κ1) is 12.8. The maximum atomic E-state index is 12.4. The summed E-state index contributed by atoms with van der Waals surface area (Å²) in [5.74, 6) is -0.00890. The summed E-state index contributed by atoms with van der Waals surface area (Å²) in [5.41, 5.74) is 1.40. The van der Waals surface area contributed by atoms with Crippen molar-refractivity contribution in [1.29, 1.82) is 0 Å². The van der Waals surface area contributed by atoms with Crippen molar-refractivity contribution in [3.63, 3.8) is 0 Å². The van der Waals surface area contributed by atoms with Crippen LogP contribution in [0.1, 0.15) is 27.6 Å². The Morgan fingerprint density at radius 2 is 1.05 bits per heavy atom. The lowest BCUT2D eigenvalue weighted by molar-refractivity contribution is 0.0906. The van der Waals surface area contributed by atoms with Gasteiger partial charge in [0.15, 0.2) is 11.6 Å². The van der Waals surface area contributed by atoms with Crippen LogP contribution in [-0.4, -0.2) is 11.6 Å². The molecule has 0 N–H and O–H groups in total. The van der Waals surface area contributed by atoms with Crippen LogP contribution < -0.4 is 0 Å². The molecule has 1 fully saturated rings. The molecule has 2 aromatic carbocycles. The van der Waals surface area contributed by atoms with E-state index in [-0.39, 0.29) is 29.3 Å². The maximum Gasteiger partial charge on any atom is 0.166 e. The zero-order valence-corrected chi connectivity index (χ0v) is 11.3. The maximum absolute atomic E-state index is 12.4. The quantitative estimate of drug-likeness (QED) is 0.790. The van der Waals surface area contributed by atoms with Crippen molar-refractivity contribution in [2.45, 2.75) is 6.92 Å². The fraction of sp³-hybridized carbons (Fsp3) is 0.222. The Kier molecular flexibility index (Phi) is 3.23. The predicted octanol–water partition coefficient (Wildman–Crippen LogP) is 3.63. The smallest absolute Gasteiger partial charge is 0.166 e. The van der Waals surface area contributed by atoms with E-state index in [0.717, 1.165) is 0 Å². The van der Waals surface area contributed by atoms with Gasteiger partial charge in [0.2, 0.25) is 0 Å². The van der Waals surface area contributed by atoms with E-state index in [0.29, 0.717) is 11.1 Å². The highest BCUT2D eigenvalue weighted by atomic mass is 16.1. The number of hydrogen-bond donors (Lipinski definition) is 0. The number of rotatable bonds is 4. The minimum Gasteiger partial charge on any atom is -0.294 e. The minimum absolute atomic E-state index is 0.0902. The molecule has 0 saturated heterocycles. The van der Waals surface area contributed by atoms with Crippen molar-refractivity contribution in [2.24, 2.45) is 17.8 Å². The monoisotopic (exact) mass is 264 g/mol. The lowest BCUT2D eigenvalue weighted by Crippen LogP contribution is -2.09. The molecule has 2 heteroatoms. The molecule has 2 nitrogen and oxygen atoms in total. The Bertz CT molecular complexity index is 573. The van der Waals surface area contributed by atoms with E-state index >= 15 is 0 Å². The van der Waals surface area contributed by atoms with Crippen LogP contribution in [0.3, 0.4) is 0 Å². The van der Waals surface area contributed by atoms with Gasteiger partial charge in [-0.2, -0.15) is 0 Å². The molecule has 2 unspecified atom stereocenters. The van der Waals surface area contributed by atoms with Gasteiger partial charge < -0.3 is 0 Å². The summed E-state index contributed by atoms with van der Waals surface area (Å²) in [4.78, 5) is 24.8. The van der Waals surface area contributed by atoms with Crippen LogP contribution in [0.25, 0.3) is 0 Å². The summed E-state index contributed by atoms with van der Waals surface area (Å²) in [6.45, 7) is 1.98. The van der Waals surface area contributed by atoms with Gasteiger partial charge in [0.05, 0.1) is 0 Å². The van der Waals surface area contributed by atoms with Gasteiger partial charge in [-0.25, -0.2) is 0 Å². The van der Waals surface area contributed by atoms with Crippen molar-refractivity contribution < 1.29 is 9.59 Å². The van der Waals surface area contributed by atoms with Gasteiger partial charge in [-0.05, 0) is 5.92 Å². The van der Waals surface area contributed by atoms with E-state index in [1.165, 1.54) is 0 Å². The van der Waals surface area contributed by atoms with E-state index in [2.05, 4.69) is 0 Å². The van der Waals surface area contributed by atoms with Crippen LogP contribution in [0.5, 0.6) is 0 Å². The summed E-state index contributed by atoms with van der Waals surface area (Å²) < 4.78 is 0. The first-order valence-corrected chi connectivity index (χ1v) is 6.88. The van der Waals surface area contributed by atoms with Crippen molar-refractivity contribution in [3.05, 3.63) is 71.8 Å². The number of benzene rings is 2. The van der Waals surface area contributed by atoms with Gasteiger partial charge in [-0.3, -0.25) is 9.59 Å². The molecular weight excluding hydrogens is 248 g/mol. The molecule has 0 heterocycles. The molecule has 0 spiro atoms. The Balaban J connectivity index is 1.78. The second kappa shape index (κ2) is 5.04. The van der Waals surface area contributed by atoms with Crippen molar-refractivity contribution >= 4 is 11.6 Å². The highest BCUT2D eigenvalue weighted by Gasteiger charge is 2.55. The molecule has 0 aromatic heterocycles. The average Bonchev–Trinajstić information content (AvgIpc) is 3.18. The highest BCUT2D eigenvalue weighted by molar-refractivity contribution is 6.08. The molecule has 2 aromatic rings. The third-order valence-electron chi connectivity index (χ3n) is 4.10. The highest BCUT2D eigenvalue weighted by Crippen LogP contribution is 2.49. The van der Waals surface area contributed by atoms with Gasteiger partial charge in [-0.1, -0.05) is 67.6 Å². The summed E-state index contributed by atoms with van der Waals surface area (Å²) in [6.07, 6.45) is 0. The van der Waals surface area contributed by atoms with Crippen molar-refractivity contribution in [3.8, 4) is 0 Å². The Hall–Kier alpha value is -2.22. The summed E-state index contributed by atoms with van der Waals surface area (Å²) in [5, 5.41) is 0. The zero-order chi connectivity index (χ0) is 14.1. The van der Waals surface area contributed by atoms with Gasteiger partial charge in [0, 0.05) is 23.0 Å². The van der Waals surface area contributed by atoms with Crippen LogP contribution in [0.15, 0.2) is 60.7 Å². The molecule has 0 radical (unpaired) electrons. The van der Waals surface area contributed by atoms with Gasteiger partial charge in [0.1, 0.15) is 0 Å². The first-order valence-electron chi connectivity index (χ1n) is 6.88. The van der Waals surface area contributed by atoms with Crippen molar-refractivity contribution in [2.75, 3.05) is 0 Å². The van der Waals surface area contributed by atoms with E-state index in [1.54, 1.807) is 0 Å². The zero-order valence-electron chi connectivity index (χ0n) is 11.3. The van der Waals surface area contributed by atoms with Crippen LogP contribution in [-0.2, 0) is 0 Å². The van der Waals surface area contributed by atoms with Crippen LogP contribution >= 0.6 is 0 Å². The minimum atomic E-state index is -0.162. The number of Topliss-reactive ketones (excluding diaryl/α,β-unsaturated/α-hetero) is 2. The fourth-order valence-electron chi connectivity index (χ4n) is 2.86. The molecule has 0 bridgehead atoms. The molecule has 0 amide bonds. The van der Waals surface area contributed by atoms with Crippen molar-refractivity contribution in [1.82, 2.24) is 0 Å². The summed E-state index contributed by atoms with van der Waals surface area (Å²) >= 11 is 0.